The van der Waals surface area contributed by atoms with Crippen molar-refractivity contribution in [2.75, 3.05) is 19.6 Å². The van der Waals surface area contributed by atoms with Gasteiger partial charge in [0.05, 0.1) is 6.10 Å². The number of aromatic nitrogens is 2. The smallest absolute Gasteiger partial charge is 0.475 e. The Bertz CT molecular complexity index is 1140. The van der Waals surface area contributed by atoms with Crippen molar-refractivity contribution in [3.63, 3.8) is 0 Å². The van der Waals surface area contributed by atoms with Crippen molar-refractivity contribution in [2.45, 2.75) is 44.2 Å². The Labute approximate surface area is 210 Å². The zero-order chi connectivity index (χ0) is 27.0. The van der Waals surface area contributed by atoms with Gasteiger partial charge in [0.15, 0.2) is 0 Å². The Hall–Kier alpha value is -3.74. The molecule has 3 atom stereocenters. The summed E-state index contributed by atoms with van der Waals surface area (Å²) in [7, 11) is 0. The summed E-state index contributed by atoms with van der Waals surface area (Å²) in [6.07, 6.45) is 1.65. The van der Waals surface area contributed by atoms with Gasteiger partial charge < -0.3 is 24.6 Å². The zero-order valence-corrected chi connectivity index (χ0v) is 19.8. The van der Waals surface area contributed by atoms with E-state index in [1.807, 2.05) is 12.1 Å². The Kier molecular flexibility index (Phi) is 9.39. The van der Waals surface area contributed by atoms with Crippen molar-refractivity contribution >= 4 is 17.8 Å². The fraction of sp³-hybridized carbons (Fsp3) is 0.458. The first-order chi connectivity index (χ1) is 17.5. The number of amides is 2. The summed E-state index contributed by atoms with van der Waals surface area (Å²) in [5, 5.41) is 10.1. The molecule has 37 heavy (non-hydrogen) atoms. The van der Waals surface area contributed by atoms with Crippen molar-refractivity contribution < 1.29 is 37.4 Å². The number of pyridine rings is 2. The van der Waals surface area contributed by atoms with Gasteiger partial charge in [-0.2, -0.15) is 13.2 Å². The lowest BCUT2D eigenvalue weighted by Crippen LogP contribution is -2.47. The van der Waals surface area contributed by atoms with Crippen LogP contribution >= 0.6 is 0 Å². The number of carboxylic acids is 1. The molecule has 2 fully saturated rings. The van der Waals surface area contributed by atoms with Crippen molar-refractivity contribution in [1.82, 2.24) is 19.8 Å². The second-order valence-corrected chi connectivity index (χ2v) is 8.65. The number of carboxylic acid groups (broad SMARTS) is 1. The number of nitrogens with one attached hydrogen (secondary N) is 1. The molecule has 2 aromatic rings. The number of halogens is 3. The Balaban J connectivity index is 0.000000479. The minimum atomic E-state index is -5.08. The molecule has 200 valence electrons. The lowest BCUT2D eigenvalue weighted by Gasteiger charge is -2.34. The van der Waals surface area contributed by atoms with Gasteiger partial charge in [-0.1, -0.05) is 6.07 Å². The largest absolute Gasteiger partial charge is 0.490 e. The second-order valence-electron chi connectivity index (χ2n) is 8.65. The summed E-state index contributed by atoms with van der Waals surface area (Å²) in [6, 6.07) is 8.70. The standard InChI is InChI=1S/C22H26N4O4.C2HF3O2/c27-20-3-1-2-11-25(20)15-21(28)26-12-7-17-13-18(30-19(17)14-26)22(29)24-10-6-16-4-8-23-9-5-16;3-2(4,5)1(6)7/h1-5,8-9,11,17-19H,6-7,10,12-15H2,(H,24,29);(H,6,7)/t17-,18?,19-;/m0./s1. The minimum absolute atomic E-state index is 0.0238. The second kappa shape index (κ2) is 12.5. The molecule has 0 radical (unpaired) electrons. The van der Waals surface area contributed by atoms with Crippen molar-refractivity contribution in [3.8, 4) is 0 Å². The monoisotopic (exact) mass is 524 g/mol. The van der Waals surface area contributed by atoms with E-state index in [1.54, 1.807) is 35.6 Å². The van der Waals surface area contributed by atoms with Crippen LogP contribution in [0.15, 0.2) is 53.7 Å². The van der Waals surface area contributed by atoms with Gasteiger partial charge in [-0.15, -0.1) is 0 Å². The number of nitrogens with zero attached hydrogens (tertiary/aromatic N) is 3. The summed E-state index contributed by atoms with van der Waals surface area (Å²) in [4.78, 5) is 51.6. The number of hydrogen-bond donors (Lipinski definition) is 2. The summed E-state index contributed by atoms with van der Waals surface area (Å²) in [6.45, 7) is 1.66. The third-order valence-electron chi connectivity index (χ3n) is 6.11. The van der Waals surface area contributed by atoms with Crippen LogP contribution < -0.4 is 10.9 Å². The Morgan fingerprint density at radius 2 is 1.86 bits per heavy atom. The van der Waals surface area contributed by atoms with Gasteiger partial charge >= 0.3 is 12.1 Å². The van der Waals surface area contributed by atoms with Crippen LogP contribution in [0.5, 0.6) is 0 Å². The first-order valence-electron chi connectivity index (χ1n) is 11.6. The van der Waals surface area contributed by atoms with Crippen LogP contribution in [0.4, 0.5) is 13.2 Å². The molecular weight excluding hydrogens is 497 g/mol. The molecule has 0 aliphatic carbocycles. The quantitative estimate of drug-likeness (QED) is 0.582. The molecule has 0 bridgehead atoms. The predicted octanol–water partition coefficient (Wildman–Crippen LogP) is 1.24. The van der Waals surface area contributed by atoms with Crippen molar-refractivity contribution in [1.29, 1.82) is 0 Å². The molecule has 2 aromatic heterocycles. The normalized spacial score (nSPS) is 20.8. The molecule has 10 nitrogen and oxygen atoms in total. The molecule has 2 saturated heterocycles. The molecule has 0 spiro atoms. The van der Waals surface area contributed by atoms with Crippen LogP contribution in [0.1, 0.15) is 18.4 Å². The van der Waals surface area contributed by atoms with Gasteiger partial charge in [0.1, 0.15) is 12.6 Å². The third kappa shape index (κ3) is 8.13. The van der Waals surface area contributed by atoms with Crippen LogP contribution in [0.25, 0.3) is 0 Å². The SMILES string of the molecule is O=C(NCCc1ccncc1)C1C[C@@H]2CCN(C(=O)Cn3ccccc3=O)C[C@@H]2O1.O=C(O)C(F)(F)F. The van der Waals surface area contributed by atoms with E-state index in [0.717, 1.165) is 18.4 Å². The summed E-state index contributed by atoms with van der Waals surface area (Å²) in [5.41, 5.74) is 0.930. The fourth-order valence-electron chi connectivity index (χ4n) is 4.16. The Morgan fingerprint density at radius 1 is 1.16 bits per heavy atom. The molecule has 1 unspecified atom stereocenters. The molecular formula is C24H27F3N4O6. The average molecular weight is 524 g/mol. The van der Waals surface area contributed by atoms with E-state index >= 15 is 0 Å². The maximum absolute atomic E-state index is 12.6. The van der Waals surface area contributed by atoms with Crippen molar-refractivity contribution in [2.24, 2.45) is 5.92 Å². The highest BCUT2D eigenvalue weighted by Gasteiger charge is 2.42. The number of hydrogen-bond acceptors (Lipinski definition) is 6. The van der Waals surface area contributed by atoms with E-state index in [4.69, 9.17) is 14.6 Å². The third-order valence-corrected chi connectivity index (χ3v) is 6.11. The lowest BCUT2D eigenvalue weighted by atomic mass is 9.91. The number of carbonyl (C=O) groups excluding carboxylic acids is 2. The molecule has 2 aliphatic heterocycles. The van der Waals surface area contributed by atoms with Gasteiger partial charge in [0.2, 0.25) is 11.8 Å². The fourth-order valence-corrected chi connectivity index (χ4v) is 4.16. The molecule has 0 saturated carbocycles. The van der Waals surface area contributed by atoms with Gasteiger partial charge in [0, 0.05) is 44.3 Å². The maximum Gasteiger partial charge on any atom is 0.490 e. The van der Waals surface area contributed by atoms with Gasteiger partial charge in [-0.05, 0) is 48.9 Å². The van der Waals surface area contributed by atoms with E-state index in [1.165, 1.54) is 10.6 Å². The van der Waals surface area contributed by atoms with E-state index < -0.39 is 18.2 Å². The summed E-state index contributed by atoms with van der Waals surface area (Å²) < 4.78 is 39.1. The summed E-state index contributed by atoms with van der Waals surface area (Å²) >= 11 is 0. The van der Waals surface area contributed by atoms with Crippen LogP contribution in [-0.2, 0) is 32.1 Å². The minimum Gasteiger partial charge on any atom is -0.475 e. The van der Waals surface area contributed by atoms with Gasteiger partial charge in [-0.25, -0.2) is 4.79 Å². The highest BCUT2D eigenvalue weighted by atomic mass is 19.4. The lowest BCUT2D eigenvalue weighted by molar-refractivity contribution is -0.192. The number of carbonyl (C=O) groups is 3. The Morgan fingerprint density at radius 3 is 2.51 bits per heavy atom. The van der Waals surface area contributed by atoms with Gasteiger partial charge in [0.25, 0.3) is 5.56 Å². The molecule has 2 amide bonds. The first-order valence-corrected chi connectivity index (χ1v) is 11.6. The highest BCUT2D eigenvalue weighted by Crippen LogP contribution is 2.33. The number of piperidine rings is 1. The first kappa shape index (κ1) is 27.8. The number of aliphatic carboxylic acids is 1. The van der Waals surface area contributed by atoms with Crippen LogP contribution in [0.2, 0.25) is 0 Å². The number of alkyl halides is 3. The zero-order valence-electron chi connectivity index (χ0n) is 19.8. The molecule has 4 heterocycles. The number of fused-ring (bicyclic) bond motifs is 1. The molecule has 0 aromatic carbocycles. The molecule has 4 rings (SSSR count). The van der Waals surface area contributed by atoms with E-state index in [-0.39, 0.29) is 35.9 Å². The van der Waals surface area contributed by atoms with Crippen LogP contribution in [0.3, 0.4) is 0 Å². The van der Waals surface area contributed by atoms with E-state index in [0.29, 0.717) is 26.1 Å². The maximum atomic E-state index is 12.6. The topological polar surface area (TPSA) is 131 Å². The van der Waals surface area contributed by atoms with Crippen LogP contribution in [-0.4, -0.2) is 75.4 Å². The molecule has 13 heteroatoms. The number of likely N-dealkylation sites (tertiary alicyclic amines) is 1. The van der Waals surface area contributed by atoms with Gasteiger partial charge in [-0.3, -0.25) is 19.4 Å². The number of ether oxygens (including phenoxy) is 1. The van der Waals surface area contributed by atoms with Crippen LogP contribution in [0, 0.1) is 5.92 Å². The molecule has 2 aliphatic rings. The summed E-state index contributed by atoms with van der Waals surface area (Å²) in [5.74, 6) is -2.67. The predicted molar refractivity (Wildman–Crippen MR) is 123 cm³/mol. The van der Waals surface area contributed by atoms with Crippen molar-refractivity contribution in [3.05, 3.63) is 64.8 Å². The van der Waals surface area contributed by atoms with E-state index in [9.17, 15) is 27.6 Å². The molecule has 2 N–H and O–H groups in total. The highest BCUT2D eigenvalue weighted by molar-refractivity contribution is 5.81. The average Bonchev–Trinajstić information content (AvgIpc) is 3.29. The van der Waals surface area contributed by atoms with E-state index in [2.05, 4.69) is 10.3 Å². The number of rotatable bonds is 6.